The molecule has 0 aliphatic heterocycles. The Hall–Kier alpha value is -0.570. The first-order valence-electron chi connectivity index (χ1n) is 8.10. The lowest BCUT2D eigenvalue weighted by atomic mass is 9.49. The molecule has 4 bridgehead atoms. The monoisotopic (exact) mass is 264 g/mol. The highest BCUT2D eigenvalue weighted by Gasteiger charge is 2.50. The summed E-state index contributed by atoms with van der Waals surface area (Å²) in [6, 6.07) is 0. The lowest BCUT2D eigenvalue weighted by molar-refractivity contribution is -0.123. The molecule has 0 atom stereocenters. The van der Waals surface area contributed by atoms with Crippen LogP contribution < -0.4 is 10.6 Å². The van der Waals surface area contributed by atoms with Gasteiger partial charge in [-0.3, -0.25) is 4.79 Å². The van der Waals surface area contributed by atoms with Crippen molar-refractivity contribution < 1.29 is 4.79 Å². The molecule has 0 radical (unpaired) electrons. The molecule has 0 aromatic heterocycles. The van der Waals surface area contributed by atoms with Crippen LogP contribution in [-0.2, 0) is 4.79 Å². The third-order valence-corrected chi connectivity index (χ3v) is 5.66. The molecule has 4 aliphatic rings. The Morgan fingerprint density at radius 3 is 2.21 bits per heavy atom. The zero-order chi connectivity index (χ0) is 13.3. The maximum absolute atomic E-state index is 11.9. The minimum atomic E-state index is 0.256. The number of hydrogen-bond acceptors (Lipinski definition) is 2. The minimum absolute atomic E-state index is 0.256. The van der Waals surface area contributed by atoms with Crippen LogP contribution in [0.25, 0.3) is 0 Å². The van der Waals surface area contributed by atoms with E-state index in [9.17, 15) is 4.79 Å². The number of nitrogens with one attached hydrogen (secondary N) is 2. The Kier molecular flexibility index (Phi) is 3.84. The Morgan fingerprint density at radius 1 is 1.11 bits per heavy atom. The molecular weight excluding hydrogens is 236 g/mol. The van der Waals surface area contributed by atoms with E-state index < -0.39 is 0 Å². The van der Waals surface area contributed by atoms with Gasteiger partial charge in [0.15, 0.2) is 0 Å². The van der Waals surface area contributed by atoms with Gasteiger partial charge in [-0.15, -0.1) is 0 Å². The quantitative estimate of drug-likeness (QED) is 0.723. The fraction of sp³-hybridized carbons (Fsp3) is 0.938. The molecule has 0 saturated heterocycles. The largest absolute Gasteiger partial charge is 0.356 e. The predicted molar refractivity (Wildman–Crippen MR) is 76.8 cm³/mol. The summed E-state index contributed by atoms with van der Waals surface area (Å²) in [6.07, 6.45) is 10.2. The number of hydrogen-bond donors (Lipinski definition) is 2. The molecule has 0 heterocycles. The summed E-state index contributed by atoms with van der Waals surface area (Å²) in [5.41, 5.74) is 0.480. The first-order valence-corrected chi connectivity index (χ1v) is 8.10. The molecule has 0 unspecified atom stereocenters. The van der Waals surface area contributed by atoms with Gasteiger partial charge < -0.3 is 10.6 Å². The van der Waals surface area contributed by atoms with Crippen molar-refractivity contribution in [2.24, 2.45) is 23.2 Å². The van der Waals surface area contributed by atoms with Gasteiger partial charge in [0.25, 0.3) is 0 Å². The van der Waals surface area contributed by atoms with Gasteiger partial charge in [-0.1, -0.05) is 0 Å². The minimum Gasteiger partial charge on any atom is -0.356 e. The van der Waals surface area contributed by atoms with Gasteiger partial charge in [-0.2, -0.15) is 0 Å². The summed E-state index contributed by atoms with van der Waals surface area (Å²) >= 11 is 0. The Labute approximate surface area is 116 Å². The molecule has 4 fully saturated rings. The van der Waals surface area contributed by atoms with Gasteiger partial charge >= 0.3 is 0 Å². The van der Waals surface area contributed by atoms with Gasteiger partial charge in [-0.25, -0.2) is 0 Å². The van der Waals surface area contributed by atoms with Crippen molar-refractivity contribution in [3.05, 3.63) is 0 Å². The van der Waals surface area contributed by atoms with Crippen molar-refractivity contribution in [1.82, 2.24) is 10.6 Å². The standard InChI is InChI=1S/C16H28N2O/c1-17-4-2-3-15(19)18-11-16-8-12-5-13(9-16)7-14(6-12)10-16/h12-14,17H,2-11H2,1H3,(H,18,19). The first-order chi connectivity index (χ1) is 9.19. The number of rotatable bonds is 6. The Bertz CT molecular complexity index is 304. The summed E-state index contributed by atoms with van der Waals surface area (Å²) < 4.78 is 0. The topological polar surface area (TPSA) is 41.1 Å². The molecule has 3 heteroatoms. The van der Waals surface area contributed by atoms with Crippen LogP contribution in [0.4, 0.5) is 0 Å². The highest BCUT2D eigenvalue weighted by atomic mass is 16.1. The molecule has 0 aromatic carbocycles. The second-order valence-electron chi connectivity index (χ2n) is 7.40. The Balaban J connectivity index is 1.48. The summed E-state index contributed by atoms with van der Waals surface area (Å²) in [4.78, 5) is 11.9. The predicted octanol–water partition coefficient (Wildman–Crippen LogP) is 2.32. The molecular formula is C16H28N2O. The van der Waals surface area contributed by atoms with Crippen molar-refractivity contribution in [3.63, 3.8) is 0 Å². The molecule has 0 aromatic rings. The van der Waals surface area contributed by atoms with Gasteiger partial charge in [-0.05, 0) is 81.7 Å². The average molecular weight is 264 g/mol. The van der Waals surface area contributed by atoms with Gasteiger partial charge in [0.05, 0.1) is 0 Å². The number of carbonyl (C=O) groups excluding carboxylic acids is 1. The maximum Gasteiger partial charge on any atom is 0.220 e. The lowest BCUT2D eigenvalue weighted by Gasteiger charge is -2.56. The summed E-state index contributed by atoms with van der Waals surface area (Å²) in [6.45, 7) is 1.89. The smallest absolute Gasteiger partial charge is 0.220 e. The molecule has 19 heavy (non-hydrogen) atoms. The van der Waals surface area contributed by atoms with E-state index in [0.29, 0.717) is 11.8 Å². The fourth-order valence-corrected chi connectivity index (χ4v) is 5.31. The molecule has 108 valence electrons. The summed E-state index contributed by atoms with van der Waals surface area (Å²) in [5.74, 6) is 3.19. The van der Waals surface area contributed by atoms with E-state index in [2.05, 4.69) is 10.6 Å². The second-order valence-corrected chi connectivity index (χ2v) is 7.40. The average Bonchev–Trinajstić information content (AvgIpc) is 2.35. The number of carbonyl (C=O) groups is 1. The van der Waals surface area contributed by atoms with Crippen molar-refractivity contribution in [3.8, 4) is 0 Å². The SMILES string of the molecule is CNCCCC(=O)NCC12CC3CC(CC(C3)C1)C2. The van der Waals surface area contributed by atoms with E-state index in [0.717, 1.165) is 37.3 Å². The highest BCUT2D eigenvalue weighted by Crippen LogP contribution is 2.59. The number of amides is 1. The molecule has 2 N–H and O–H groups in total. The van der Waals surface area contributed by atoms with Crippen LogP contribution in [0.3, 0.4) is 0 Å². The molecule has 4 rings (SSSR count). The van der Waals surface area contributed by atoms with Crippen LogP contribution in [0.2, 0.25) is 0 Å². The fourth-order valence-electron chi connectivity index (χ4n) is 5.31. The van der Waals surface area contributed by atoms with Crippen LogP contribution in [0.1, 0.15) is 51.4 Å². The molecule has 3 nitrogen and oxygen atoms in total. The van der Waals surface area contributed by atoms with Gasteiger partial charge in [0.1, 0.15) is 0 Å². The van der Waals surface area contributed by atoms with Crippen molar-refractivity contribution >= 4 is 5.91 Å². The van der Waals surface area contributed by atoms with E-state index in [1.54, 1.807) is 0 Å². The van der Waals surface area contributed by atoms with Crippen molar-refractivity contribution in [2.75, 3.05) is 20.1 Å². The maximum atomic E-state index is 11.9. The van der Waals surface area contributed by atoms with Crippen LogP contribution in [-0.4, -0.2) is 26.0 Å². The van der Waals surface area contributed by atoms with Crippen molar-refractivity contribution in [2.45, 2.75) is 51.4 Å². The molecule has 4 saturated carbocycles. The Morgan fingerprint density at radius 2 is 1.68 bits per heavy atom. The third-order valence-electron chi connectivity index (χ3n) is 5.66. The zero-order valence-electron chi connectivity index (χ0n) is 12.2. The van der Waals surface area contributed by atoms with E-state index >= 15 is 0 Å². The summed E-state index contributed by atoms with van der Waals surface area (Å²) in [5, 5.41) is 6.33. The zero-order valence-corrected chi connectivity index (χ0v) is 12.2. The van der Waals surface area contributed by atoms with Crippen molar-refractivity contribution in [1.29, 1.82) is 0 Å². The molecule has 0 spiro atoms. The molecule has 1 amide bonds. The normalized spacial score (nSPS) is 39.5. The van der Waals surface area contributed by atoms with E-state index in [1.807, 2.05) is 7.05 Å². The highest BCUT2D eigenvalue weighted by molar-refractivity contribution is 5.75. The second kappa shape index (κ2) is 5.43. The van der Waals surface area contributed by atoms with E-state index in [-0.39, 0.29) is 5.91 Å². The molecule has 4 aliphatic carbocycles. The van der Waals surface area contributed by atoms with Gasteiger partial charge in [0, 0.05) is 13.0 Å². The van der Waals surface area contributed by atoms with E-state index in [4.69, 9.17) is 0 Å². The third kappa shape index (κ3) is 2.96. The van der Waals surface area contributed by atoms with Crippen LogP contribution in [0.15, 0.2) is 0 Å². The first kappa shape index (κ1) is 13.4. The van der Waals surface area contributed by atoms with Crippen LogP contribution >= 0.6 is 0 Å². The van der Waals surface area contributed by atoms with Gasteiger partial charge in [0.2, 0.25) is 5.91 Å². The summed E-state index contributed by atoms with van der Waals surface area (Å²) in [7, 11) is 1.94. The van der Waals surface area contributed by atoms with E-state index in [1.165, 1.54) is 38.5 Å². The van der Waals surface area contributed by atoms with Crippen LogP contribution in [0, 0.1) is 23.2 Å². The van der Waals surface area contributed by atoms with Crippen LogP contribution in [0.5, 0.6) is 0 Å². The lowest BCUT2D eigenvalue weighted by Crippen LogP contribution is -2.51.